The lowest BCUT2D eigenvalue weighted by Crippen LogP contribution is -2.20. The van der Waals surface area contributed by atoms with Crippen LogP contribution >= 0.6 is 0 Å². The van der Waals surface area contributed by atoms with Crippen molar-refractivity contribution in [2.45, 2.75) is 26.2 Å². The lowest BCUT2D eigenvalue weighted by atomic mass is 10.0. The van der Waals surface area contributed by atoms with E-state index in [-0.39, 0.29) is 23.1 Å². The molecule has 130 valence electrons. The number of hydrogen-bond donors (Lipinski definition) is 2. The van der Waals surface area contributed by atoms with Crippen LogP contribution in [-0.2, 0) is 6.42 Å². The van der Waals surface area contributed by atoms with E-state index >= 15 is 0 Å². The highest BCUT2D eigenvalue weighted by Crippen LogP contribution is 2.41. The van der Waals surface area contributed by atoms with Crippen molar-refractivity contribution in [3.05, 3.63) is 58.9 Å². The summed E-state index contributed by atoms with van der Waals surface area (Å²) in [6.07, 6.45) is 2.05. The molecule has 0 bridgehead atoms. The van der Waals surface area contributed by atoms with Gasteiger partial charge in [0.1, 0.15) is 11.4 Å². The number of nitrogens with zero attached hydrogens (tertiary/aromatic N) is 1. The molecule has 1 saturated carbocycles. The lowest BCUT2D eigenvalue weighted by Gasteiger charge is -2.09. The van der Waals surface area contributed by atoms with Gasteiger partial charge >= 0.3 is 0 Å². The van der Waals surface area contributed by atoms with E-state index < -0.39 is 0 Å². The number of rotatable bonds is 6. The molecular weight excluding hydrogens is 316 g/mol. The van der Waals surface area contributed by atoms with Gasteiger partial charge in [0, 0.05) is 31.1 Å². The molecule has 0 spiro atoms. The lowest BCUT2D eigenvalue weighted by molar-refractivity contribution is 0.0958. The quantitative estimate of drug-likeness (QED) is 0.794. The molecule has 0 radical (unpaired) electrons. The number of carbonyl (C=O) groups excluding carboxylic acids is 2. The summed E-state index contributed by atoms with van der Waals surface area (Å²) in [4.78, 5) is 28.9. The Kier molecular flexibility index (Phi) is 4.83. The molecule has 0 unspecified atom stereocenters. The number of phenols is 1. The first-order chi connectivity index (χ1) is 12.0. The minimum absolute atomic E-state index is 0.0547. The fourth-order valence-electron chi connectivity index (χ4n) is 3.00. The first kappa shape index (κ1) is 17.1. The largest absolute Gasteiger partial charge is 0.508 e. The van der Waals surface area contributed by atoms with Crippen LogP contribution in [0.1, 0.15) is 51.9 Å². The number of nitrogens with one attached hydrogen (secondary N) is 1. The molecule has 1 aromatic carbocycles. The Morgan fingerprint density at radius 2 is 2.04 bits per heavy atom. The number of ketones is 1. The summed E-state index contributed by atoms with van der Waals surface area (Å²) in [5, 5.41) is 12.2. The summed E-state index contributed by atoms with van der Waals surface area (Å²) < 4.78 is 0. The van der Waals surface area contributed by atoms with Crippen molar-refractivity contribution in [2.24, 2.45) is 11.8 Å². The van der Waals surface area contributed by atoms with E-state index in [0.29, 0.717) is 35.9 Å². The smallest absolute Gasteiger partial charge is 0.269 e. The highest BCUT2D eigenvalue weighted by atomic mass is 16.3. The summed E-state index contributed by atoms with van der Waals surface area (Å²) in [5.41, 5.74) is 2.28. The fourth-order valence-corrected chi connectivity index (χ4v) is 3.00. The molecular formula is C20H22N2O3. The van der Waals surface area contributed by atoms with Gasteiger partial charge in [-0.15, -0.1) is 0 Å². The Hall–Kier alpha value is -2.69. The van der Waals surface area contributed by atoms with E-state index in [4.69, 9.17) is 0 Å². The van der Waals surface area contributed by atoms with Crippen LogP contribution < -0.4 is 5.32 Å². The predicted molar refractivity (Wildman–Crippen MR) is 94.8 cm³/mol. The van der Waals surface area contributed by atoms with Crippen molar-refractivity contribution >= 4 is 11.7 Å². The molecule has 0 aliphatic heterocycles. The van der Waals surface area contributed by atoms with Crippen molar-refractivity contribution in [1.29, 1.82) is 0 Å². The van der Waals surface area contributed by atoms with Crippen molar-refractivity contribution in [2.75, 3.05) is 7.05 Å². The van der Waals surface area contributed by atoms with Crippen LogP contribution in [0.15, 0.2) is 36.4 Å². The first-order valence-corrected chi connectivity index (χ1v) is 8.50. The van der Waals surface area contributed by atoms with E-state index in [9.17, 15) is 14.7 Å². The number of hydrogen-bond acceptors (Lipinski definition) is 4. The van der Waals surface area contributed by atoms with Crippen molar-refractivity contribution in [1.82, 2.24) is 10.3 Å². The van der Waals surface area contributed by atoms with E-state index in [1.807, 2.05) is 6.07 Å². The summed E-state index contributed by atoms with van der Waals surface area (Å²) in [5.74, 6) is 0.985. The number of aromatic hydroxyl groups is 1. The van der Waals surface area contributed by atoms with Gasteiger partial charge in [0.05, 0.1) is 0 Å². The zero-order valence-corrected chi connectivity index (χ0v) is 14.5. The summed E-state index contributed by atoms with van der Waals surface area (Å²) in [6.45, 7) is 2.15. The number of Topliss-reactive ketones (excluding diaryl/α,β-unsaturated/α-hetero) is 1. The van der Waals surface area contributed by atoms with E-state index in [1.165, 1.54) is 0 Å². The van der Waals surface area contributed by atoms with Crippen LogP contribution in [0.4, 0.5) is 0 Å². The highest BCUT2D eigenvalue weighted by Gasteiger charge is 2.34. The van der Waals surface area contributed by atoms with Crippen LogP contribution in [0.3, 0.4) is 0 Å². The molecule has 2 atom stereocenters. The van der Waals surface area contributed by atoms with Crippen LogP contribution in [-0.4, -0.2) is 28.8 Å². The molecule has 25 heavy (non-hydrogen) atoms. The summed E-state index contributed by atoms with van der Waals surface area (Å²) >= 11 is 0. The van der Waals surface area contributed by atoms with Crippen LogP contribution in [0.25, 0.3) is 0 Å². The number of amides is 1. The standard InChI is InChI=1S/C20H22N2O3/c1-12-6-14(12)11-19(24)15-9-16(22-18(10-15)20(25)21-2)7-13-4-3-5-17(23)8-13/h3-5,8-10,12,14,23H,6-7,11H2,1-2H3,(H,21,25)/t12-,14+/m0/s1. The molecule has 1 aliphatic carbocycles. The average Bonchev–Trinajstić information content (AvgIpc) is 3.28. The molecule has 2 aromatic rings. The Morgan fingerprint density at radius 3 is 2.68 bits per heavy atom. The highest BCUT2D eigenvalue weighted by molar-refractivity contribution is 6.00. The minimum atomic E-state index is -0.313. The maximum atomic E-state index is 12.6. The first-order valence-electron chi connectivity index (χ1n) is 8.50. The number of carbonyl (C=O) groups is 2. The maximum Gasteiger partial charge on any atom is 0.269 e. The number of pyridine rings is 1. The third kappa shape index (κ3) is 4.24. The SMILES string of the molecule is CNC(=O)c1cc(C(=O)C[C@H]2C[C@@H]2C)cc(Cc2cccc(O)c2)n1. The van der Waals surface area contributed by atoms with E-state index in [2.05, 4.69) is 17.2 Å². The Morgan fingerprint density at radius 1 is 1.28 bits per heavy atom. The van der Waals surface area contributed by atoms with E-state index in [0.717, 1.165) is 12.0 Å². The van der Waals surface area contributed by atoms with Gasteiger partial charge in [-0.2, -0.15) is 0 Å². The third-order valence-corrected chi connectivity index (χ3v) is 4.68. The van der Waals surface area contributed by atoms with Gasteiger partial charge in [-0.1, -0.05) is 19.1 Å². The fraction of sp³-hybridized carbons (Fsp3) is 0.350. The second-order valence-electron chi connectivity index (χ2n) is 6.76. The topological polar surface area (TPSA) is 79.3 Å². The average molecular weight is 338 g/mol. The van der Waals surface area contributed by atoms with Gasteiger partial charge in [-0.3, -0.25) is 9.59 Å². The zero-order valence-electron chi connectivity index (χ0n) is 14.5. The second-order valence-corrected chi connectivity index (χ2v) is 6.76. The Balaban J connectivity index is 1.89. The summed E-state index contributed by atoms with van der Waals surface area (Å²) in [7, 11) is 1.54. The van der Waals surface area contributed by atoms with Gasteiger partial charge in [-0.05, 0) is 48.1 Å². The molecule has 1 heterocycles. The number of benzene rings is 1. The van der Waals surface area contributed by atoms with Gasteiger partial charge in [-0.25, -0.2) is 4.98 Å². The van der Waals surface area contributed by atoms with Gasteiger partial charge in [0.2, 0.25) is 0 Å². The molecule has 1 amide bonds. The van der Waals surface area contributed by atoms with Gasteiger partial charge < -0.3 is 10.4 Å². The monoisotopic (exact) mass is 338 g/mol. The maximum absolute atomic E-state index is 12.6. The molecule has 1 aliphatic rings. The molecule has 1 aromatic heterocycles. The van der Waals surface area contributed by atoms with Gasteiger partial charge in [0.25, 0.3) is 5.91 Å². The zero-order chi connectivity index (χ0) is 18.0. The molecule has 0 saturated heterocycles. The molecule has 3 rings (SSSR count). The molecule has 5 nitrogen and oxygen atoms in total. The van der Waals surface area contributed by atoms with Crippen LogP contribution in [0.2, 0.25) is 0 Å². The summed E-state index contributed by atoms with van der Waals surface area (Å²) in [6, 6.07) is 10.2. The van der Waals surface area contributed by atoms with Crippen molar-refractivity contribution in [3.63, 3.8) is 0 Å². The molecule has 2 N–H and O–H groups in total. The van der Waals surface area contributed by atoms with Crippen LogP contribution in [0.5, 0.6) is 5.75 Å². The Labute approximate surface area is 147 Å². The molecule has 1 fully saturated rings. The van der Waals surface area contributed by atoms with Crippen molar-refractivity contribution < 1.29 is 14.7 Å². The third-order valence-electron chi connectivity index (χ3n) is 4.68. The second kappa shape index (κ2) is 7.05. The van der Waals surface area contributed by atoms with Crippen LogP contribution in [0, 0.1) is 11.8 Å². The Bertz CT molecular complexity index is 816. The number of aromatic nitrogens is 1. The van der Waals surface area contributed by atoms with Crippen molar-refractivity contribution in [3.8, 4) is 5.75 Å². The molecule has 5 heteroatoms. The minimum Gasteiger partial charge on any atom is -0.508 e. The van der Waals surface area contributed by atoms with Gasteiger partial charge in [0.15, 0.2) is 5.78 Å². The number of phenolic OH excluding ortho intramolecular Hbond substituents is 1. The van der Waals surface area contributed by atoms with E-state index in [1.54, 1.807) is 37.4 Å². The predicted octanol–water partition coefficient (Wildman–Crippen LogP) is 2.97. The normalized spacial score (nSPS) is 18.6.